The van der Waals surface area contributed by atoms with Gasteiger partial charge in [0.2, 0.25) is 0 Å². The zero-order valence-electron chi connectivity index (χ0n) is 13.2. The van der Waals surface area contributed by atoms with Crippen LogP contribution in [0.25, 0.3) is 0 Å². The van der Waals surface area contributed by atoms with Crippen LogP contribution in [0, 0.1) is 5.41 Å². The summed E-state index contributed by atoms with van der Waals surface area (Å²) in [6.07, 6.45) is 0.935. The van der Waals surface area contributed by atoms with Crippen molar-refractivity contribution in [2.45, 2.75) is 6.42 Å². The van der Waals surface area contributed by atoms with Crippen molar-refractivity contribution < 1.29 is 14.9 Å². The molecule has 1 aliphatic rings. The Labute approximate surface area is 136 Å². The first kappa shape index (κ1) is 15.8. The number of hydrogen-bond acceptors (Lipinski definition) is 4. The summed E-state index contributed by atoms with van der Waals surface area (Å²) in [5.41, 5.74) is 2.17. The van der Waals surface area contributed by atoms with E-state index in [0.717, 1.165) is 25.2 Å². The smallest absolute Gasteiger partial charge is 0.115 e. The maximum absolute atomic E-state index is 9.72. The van der Waals surface area contributed by atoms with Gasteiger partial charge in [-0.1, -0.05) is 30.3 Å². The molecule has 0 unspecified atom stereocenters. The molecule has 4 heteroatoms. The number of benzene rings is 2. The number of rotatable bonds is 7. The number of aromatic hydroxyl groups is 1. The minimum Gasteiger partial charge on any atom is -0.508 e. The number of ether oxygens (including phenoxy) is 1. The van der Waals surface area contributed by atoms with Crippen LogP contribution in [0.15, 0.2) is 54.6 Å². The third-order valence-electron chi connectivity index (χ3n) is 4.41. The van der Waals surface area contributed by atoms with E-state index in [-0.39, 0.29) is 17.8 Å². The molecule has 0 amide bonds. The van der Waals surface area contributed by atoms with Gasteiger partial charge in [-0.05, 0) is 36.2 Å². The summed E-state index contributed by atoms with van der Waals surface area (Å²) < 4.78 is 5.32. The van der Waals surface area contributed by atoms with Crippen molar-refractivity contribution >= 4 is 5.69 Å². The Balaban J connectivity index is 1.74. The first-order valence-electron chi connectivity index (χ1n) is 7.97. The van der Waals surface area contributed by atoms with E-state index in [2.05, 4.69) is 29.2 Å². The number of aliphatic hydroxyl groups excluding tert-OH is 1. The van der Waals surface area contributed by atoms with Gasteiger partial charge in [0.15, 0.2) is 0 Å². The number of phenols is 1. The van der Waals surface area contributed by atoms with Crippen LogP contribution in [0.5, 0.6) is 5.75 Å². The van der Waals surface area contributed by atoms with Crippen molar-refractivity contribution in [1.29, 1.82) is 0 Å². The Bertz CT molecular complexity index is 603. The van der Waals surface area contributed by atoms with E-state index >= 15 is 0 Å². The molecule has 0 spiro atoms. The van der Waals surface area contributed by atoms with Gasteiger partial charge in [-0.3, -0.25) is 0 Å². The number of phenolic OH excluding ortho intramolecular Hbond substituents is 1. The van der Waals surface area contributed by atoms with Crippen molar-refractivity contribution in [2.75, 3.05) is 37.8 Å². The van der Waals surface area contributed by atoms with Gasteiger partial charge in [-0.25, -0.2) is 0 Å². The fourth-order valence-corrected chi connectivity index (χ4v) is 2.90. The summed E-state index contributed by atoms with van der Waals surface area (Å²) in [4.78, 5) is 2.27. The second-order valence-electron chi connectivity index (χ2n) is 6.32. The topological polar surface area (TPSA) is 52.9 Å². The first-order valence-corrected chi connectivity index (χ1v) is 7.97. The standard InChI is InChI=1S/C19H23NO3/c21-13-19(14-23-15-19)12-20(17-6-8-18(22)9-7-17)11-10-16-4-2-1-3-5-16/h1-9,21-22H,10-15H2. The van der Waals surface area contributed by atoms with Crippen LogP contribution in [0.2, 0.25) is 0 Å². The summed E-state index contributed by atoms with van der Waals surface area (Å²) in [5, 5.41) is 19.2. The van der Waals surface area contributed by atoms with Crippen LogP contribution >= 0.6 is 0 Å². The number of nitrogens with zero attached hydrogens (tertiary/aromatic N) is 1. The SMILES string of the molecule is OCC1(CN(CCc2ccccc2)c2ccc(O)cc2)COC1. The van der Waals surface area contributed by atoms with Gasteiger partial charge in [-0.15, -0.1) is 0 Å². The summed E-state index contributed by atoms with van der Waals surface area (Å²) in [5.74, 6) is 0.264. The lowest BCUT2D eigenvalue weighted by atomic mass is 9.86. The molecule has 3 rings (SSSR count). The Morgan fingerprint density at radius 2 is 1.70 bits per heavy atom. The highest BCUT2D eigenvalue weighted by Crippen LogP contribution is 2.30. The zero-order chi connectivity index (χ0) is 16.1. The number of anilines is 1. The van der Waals surface area contributed by atoms with Crippen molar-refractivity contribution in [1.82, 2.24) is 0 Å². The molecule has 2 aromatic rings. The fraction of sp³-hybridized carbons (Fsp3) is 0.368. The predicted molar refractivity (Wildman–Crippen MR) is 90.8 cm³/mol. The average molecular weight is 313 g/mol. The largest absolute Gasteiger partial charge is 0.508 e. The minimum atomic E-state index is -0.172. The number of hydrogen-bond donors (Lipinski definition) is 2. The normalized spacial score (nSPS) is 15.9. The molecule has 1 fully saturated rings. The summed E-state index contributed by atoms with van der Waals surface area (Å²) in [7, 11) is 0. The quantitative estimate of drug-likeness (QED) is 0.824. The minimum absolute atomic E-state index is 0.132. The van der Waals surface area contributed by atoms with Gasteiger partial charge >= 0.3 is 0 Å². The lowest BCUT2D eigenvalue weighted by Gasteiger charge is -2.44. The second-order valence-corrected chi connectivity index (χ2v) is 6.32. The Kier molecular flexibility index (Phi) is 4.84. The zero-order valence-corrected chi connectivity index (χ0v) is 13.2. The van der Waals surface area contributed by atoms with Crippen molar-refractivity contribution in [3.8, 4) is 5.75 Å². The third kappa shape index (κ3) is 3.84. The Morgan fingerprint density at radius 1 is 1.00 bits per heavy atom. The van der Waals surface area contributed by atoms with Crippen LogP contribution in [-0.2, 0) is 11.2 Å². The predicted octanol–water partition coefficient (Wildman–Crippen LogP) is 2.45. The molecule has 0 radical (unpaired) electrons. The van der Waals surface area contributed by atoms with Crippen molar-refractivity contribution in [3.63, 3.8) is 0 Å². The van der Waals surface area contributed by atoms with Gasteiger partial charge in [0.05, 0.1) is 25.2 Å². The highest BCUT2D eigenvalue weighted by atomic mass is 16.5. The molecule has 0 aromatic heterocycles. The lowest BCUT2D eigenvalue weighted by molar-refractivity contribution is -0.131. The maximum Gasteiger partial charge on any atom is 0.115 e. The lowest BCUT2D eigenvalue weighted by Crippen LogP contribution is -2.53. The molecule has 1 heterocycles. The summed E-state index contributed by atoms with van der Waals surface area (Å²) >= 11 is 0. The summed E-state index contributed by atoms with van der Waals surface area (Å²) in [6.45, 7) is 2.94. The second kappa shape index (κ2) is 7.02. The van der Waals surface area contributed by atoms with Gasteiger partial charge in [0, 0.05) is 18.8 Å². The van der Waals surface area contributed by atoms with Gasteiger partial charge in [-0.2, -0.15) is 0 Å². The Morgan fingerprint density at radius 3 is 2.26 bits per heavy atom. The highest BCUT2D eigenvalue weighted by Gasteiger charge is 2.39. The van der Waals surface area contributed by atoms with Crippen molar-refractivity contribution in [3.05, 3.63) is 60.2 Å². The van der Waals surface area contributed by atoms with Crippen LogP contribution in [0.1, 0.15) is 5.56 Å². The summed E-state index contributed by atoms with van der Waals surface area (Å²) in [6, 6.07) is 17.6. The van der Waals surface area contributed by atoms with E-state index in [4.69, 9.17) is 4.74 Å². The maximum atomic E-state index is 9.72. The van der Waals surface area contributed by atoms with E-state index in [1.54, 1.807) is 12.1 Å². The molecule has 0 saturated carbocycles. The number of aliphatic hydroxyl groups is 1. The molecule has 0 atom stereocenters. The first-order chi connectivity index (χ1) is 11.2. The molecule has 1 aliphatic heterocycles. The molecule has 2 N–H and O–H groups in total. The molecule has 23 heavy (non-hydrogen) atoms. The van der Waals surface area contributed by atoms with E-state index in [9.17, 15) is 10.2 Å². The van der Waals surface area contributed by atoms with E-state index in [1.807, 2.05) is 18.2 Å². The molecular formula is C19H23NO3. The van der Waals surface area contributed by atoms with Crippen LogP contribution in [-0.4, -0.2) is 43.1 Å². The van der Waals surface area contributed by atoms with E-state index < -0.39 is 0 Å². The third-order valence-corrected chi connectivity index (χ3v) is 4.41. The Hall–Kier alpha value is -2.04. The molecule has 1 saturated heterocycles. The molecule has 0 aliphatic carbocycles. The van der Waals surface area contributed by atoms with Crippen LogP contribution in [0.3, 0.4) is 0 Å². The monoisotopic (exact) mass is 313 g/mol. The molecule has 122 valence electrons. The molecular weight excluding hydrogens is 290 g/mol. The van der Waals surface area contributed by atoms with Gasteiger partial charge in [0.1, 0.15) is 5.75 Å². The van der Waals surface area contributed by atoms with E-state index in [0.29, 0.717) is 13.2 Å². The fourth-order valence-electron chi connectivity index (χ4n) is 2.90. The molecule has 2 aromatic carbocycles. The molecule has 0 bridgehead atoms. The molecule has 4 nitrogen and oxygen atoms in total. The van der Waals surface area contributed by atoms with Gasteiger partial charge < -0.3 is 19.8 Å². The highest BCUT2D eigenvalue weighted by molar-refractivity contribution is 5.49. The van der Waals surface area contributed by atoms with Gasteiger partial charge in [0.25, 0.3) is 0 Å². The van der Waals surface area contributed by atoms with Crippen LogP contribution < -0.4 is 4.90 Å². The van der Waals surface area contributed by atoms with E-state index in [1.165, 1.54) is 5.56 Å². The van der Waals surface area contributed by atoms with Crippen molar-refractivity contribution in [2.24, 2.45) is 5.41 Å². The van der Waals surface area contributed by atoms with Crippen LogP contribution in [0.4, 0.5) is 5.69 Å². The average Bonchev–Trinajstić information content (AvgIpc) is 2.56.